The van der Waals surface area contributed by atoms with E-state index in [0.717, 1.165) is 5.56 Å². The summed E-state index contributed by atoms with van der Waals surface area (Å²) in [6.07, 6.45) is 0.192. The van der Waals surface area contributed by atoms with Crippen LogP contribution in [-0.2, 0) is 20.9 Å². The van der Waals surface area contributed by atoms with Crippen molar-refractivity contribution in [2.24, 2.45) is 5.92 Å². The van der Waals surface area contributed by atoms with E-state index in [4.69, 9.17) is 9.84 Å². The molecule has 0 aromatic heterocycles. The number of rotatable bonds is 7. The number of ether oxygens (including phenoxy) is 1. The quantitative estimate of drug-likeness (QED) is 0.793. The number of hydrogen-bond acceptors (Lipinski definition) is 3. The highest BCUT2D eigenvalue weighted by atomic mass is 16.5. The van der Waals surface area contributed by atoms with Gasteiger partial charge in [-0.1, -0.05) is 19.1 Å². The standard InChI is InChI=1S/C14H19NO4/c1-10(7-14(17)18)6-13(16)15-12-5-3-4-11(8-12)9-19-2/h3-5,8,10H,6-7,9H2,1-2H3,(H,15,16)(H,17,18). The zero-order valence-electron chi connectivity index (χ0n) is 11.2. The van der Waals surface area contributed by atoms with Gasteiger partial charge >= 0.3 is 5.97 Å². The number of aliphatic carboxylic acids is 1. The van der Waals surface area contributed by atoms with Gasteiger partial charge in [0.1, 0.15) is 0 Å². The molecular formula is C14H19NO4. The SMILES string of the molecule is COCc1cccc(NC(=O)CC(C)CC(=O)O)c1. The normalized spacial score (nSPS) is 11.9. The average Bonchev–Trinajstić information content (AvgIpc) is 2.28. The lowest BCUT2D eigenvalue weighted by atomic mass is 10.0. The minimum Gasteiger partial charge on any atom is -0.481 e. The molecule has 1 atom stereocenters. The van der Waals surface area contributed by atoms with Crippen LogP contribution in [0.1, 0.15) is 25.3 Å². The fourth-order valence-electron chi connectivity index (χ4n) is 1.80. The molecule has 0 aliphatic heterocycles. The number of carboxylic acids is 1. The van der Waals surface area contributed by atoms with Crippen molar-refractivity contribution >= 4 is 17.6 Å². The van der Waals surface area contributed by atoms with E-state index in [-0.39, 0.29) is 24.7 Å². The van der Waals surface area contributed by atoms with Crippen LogP contribution in [0.2, 0.25) is 0 Å². The summed E-state index contributed by atoms with van der Waals surface area (Å²) in [5.41, 5.74) is 1.67. The number of benzene rings is 1. The lowest BCUT2D eigenvalue weighted by Gasteiger charge is -2.10. The number of nitrogens with one attached hydrogen (secondary N) is 1. The summed E-state index contributed by atoms with van der Waals surface area (Å²) in [6, 6.07) is 7.37. The van der Waals surface area contributed by atoms with Crippen LogP contribution < -0.4 is 5.32 Å². The van der Waals surface area contributed by atoms with Crippen LogP contribution in [0.5, 0.6) is 0 Å². The van der Waals surface area contributed by atoms with E-state index in [1.165, 1.54) is 0 Å². The van der Waals surface area contributed by atoms with Crippen LogP contribution in [0, 0.1) is 5.92 Å². The Balaban J connectivity index is 2.52. The van der Waals surface area contributed by atoms with Gasteiger partial charge in [-0.25, -0.2) is 0 Å². The number of hydrogen-bond donors (Lipinski definition) is 2. The molecule has 0 spiro atoms. The van der Waals surface area contributed by atoms with Crippen molar-refractivity contribution in [3.05, 3.63) is 29.8 Å². The molecule has 104 valence electrons. The number of carboxylic acid groups (broad SMARTS) is 1. The molecule has 0 bridgehead atoms. The van der Waals surface area contributed by atoms with Crippen LogP contribution in [0.3, 0.4) is 0 Å². The van der Waals surface area contributed by atoms with Crippen molar-refractivity contribution in [1.29, 1.82) is 0 Å². The molecule has 0 aliphatic rings. The monoisotopic (exact) mass is 265 g/mol. The van der Waals surface area contributed by atoms with Gasteiger partial charge in [0.15, 0.2) is 0 Å². The smallest absolute Gasteiger partial charge is 0.303 e. The molecule has 0 fully saturated rings. The Hall–Kier alpha value is -1.88. The molecular weight excluding hydrogens is 246 g/mol. The second-order valence-electron chi connectivity index (χ2n) is 4.59. The minimum absolute atomic E-state index is 0.00284. The maximum Gasteiger partial charge on any atom is 0.303 e. The summed E-state index contributed by atoms with van der Waals surface area (Å²) in [6.45, 7) is 2.23. The van der Waals surface area contributed by atoms with Crippen molar-refractivity contribution in [3.63, 3.8) is 0 Å². The summed E-state index contributed by atoms with van der Waals surface area (Å²) in [4.78, 5) is 22.3. The van der Waals surface area contributed by atoms with Gasteiger partial charge in [0.2, 0.25) is 5.91 Å². The summed E-state index contributed by atoms with van der Waals surface area (Å²) < 4.78 is 5.02. The second-order valence-corrected chi connectivity index (χ2v) is 4.59. The average molecular weight is 265 g/mol. The molecule has 0 heterocycles. The van der Waals surface area contributed by atoms with E-state index in [9.17, 15) is 9.59 Å². The third kappa shape index (κ3) is 6.01. The van der Waals surface area contributed by atoms with Crippen LogP contribution in [0.25, 0.3) is 0 Å². The van der Waals surface area contributed by atoms with Crippen molar-refractivity contribution in [1.82, 2.24) is 0 Å². The number of methoxy groups -OCH3 is 1. The fraction of sp³-hybridized carbons (Fsp3) is 0.429. The first-order chi connectivity index (χ1) is 9.01. The molecule has 19 heavy (non-hydrogen) atoms. The van der Waals surface area contributed by atoms with Gasteiger partial charge in [-0.2, -0.15) is 0 Å². The highest BCUT2D eigenvalue weighted by Gasteiger charge is 2.12. The molecule has 2 N–H and O–H groups in total. The van der Waals surface area contributed by atoms with Crippen LogP contribution >= 0.6 is 0 Å². The third-order valence-electron chi connectivity index (χ3n) is 2.58. The van der Waals surface area contributed by atoms with Crippen molar-refractivity contribution in [2.75, 3.05) is 12.4 Å². The highest BCUT2D eigenvalue weighted by Crippen LogP contribution is 2.14. The predicted molar refractivity (Wildman–Crippen MR) is 71.8 cm³/mol. The van der Waals surface area contributed by atoms with Gasteiger partial charge in [0, 0.05) is 25.6 Å². The summed E-state index contributed by atoms with van der Waals surface area (Å²) in [7, 11) is 1.61. The first kappa shape index (κ1) is 15.2. The van der Waals surface area contributed by atoms with Gasteiger partial charge in [0.25, 0.3) is 0 Å². The van der Waals surface area contributed by atoms with Crippen LogP contribution in [0.4, 0.5) is 5.69 Å². The third-order valence-corrected chi connectivity index (χ3v) is 2.58. The molecule has 0 radical (unpaired) electrons. The van der Waals surface area contributed by atoms with Gasteiger partial charge in [-0.15, -0.1) is 0 Å². The van der Waals surface area contributed by atoms with Gasteiger partial charge in [-0.05, 0) is 23.6 Å². The Morgan fingerprint density at radius 3 is 2.74 bits per heavy atom. The molecule has 1 rings (SSSR count). The van der Waals surface area contributed by atoms with Gasteiger partial charge in [-0.3, -0.25) is 9.59 Å². The first-order valence-corrected chi connectivity index (χ1v) is 6.10. The maximum atomic E-state index is 11.7. The lowest BCUT2D eigenvalue weighted by Crippen LogP contribution is -2.17. The zero-order chi connectivity index (χ0) is 14.3. The van der Waals surface area contributed by atoms with Gasteiger partial charge in [0.05, 0.1) is 6.61 Å². The van der Waals surface area contributed by atoms with Gasteiger partial charge < -0.3 is 15.2 Å². The molecule has 0 saturated heterocycles. The zero-order valence-corrected chi connectivity index (χ0v) is 11.2. The van der Waals surface area contributed by atoms with E-state index < -0.39 is 5.97 Å². The second kappa shape index (κ2) is 7.53. The summed E-state index contributed by atoms with van der Waals surface area (Å²) in [5.74, 6) is -1.25. The number of carbonyl (C=O) groups excluding carboxylic acids is 1. The topological polar surface area (TPSA) is 75.6 Å². The van der Waals surface area contributed by atoms with Crippen molar-refractivity contribution < 1.29 is 19.4 Å². The molecule has 1 aromatic carbocycles. The molecule has 0 saturated carbocycles. The molecule has 1 aromatic rings. The largest absolute Gasteiger partial charge is 0.481 e. The number of carbonyl (C=O) groups is 2. The van der Waals surface area contributed by atoms with E-state index in [1.54, 1.807) is 20.1 Å². The molecule has 1 amide bonds. The maximum absolute atomic E-state index is 11.7. The van der Waals surface area contributed by atoms with E-state index in [2.05, 4.69) is 5.32 Å². The predicted octanol–water partition coefficient (Wildman–Crippen LogP) is 2.27. The molecule has 5 heteroatoms. The molecule has 0 aliphatic carbocycles. The first-order valence-electron chi connectivity index (χ1n) is 6.10. The minimum atomic E-state index is -0.887. The number of amides is 1. The lowest BCUT2D eigenvalue weighted by molar-refractivity contribution is -0.138. The van der Waals surface area contributed by atoms with Crippen LogP contribution in [-0.4, -0.2) is 24.1 Å². The Kier molecular flexibility index (Phi) is 6.02. The number of anilines is 1. The summed E-state index contributed by atoms with van der Waals surface area (Å²) >= 11 is 0. The highest BCUT2D eigenvalue weighted by molar-refractivity contribution is 5.91. The molecule has 1 unspecified atom stereocenters. The Morgan fingerprint density at radius 1 is 1.37 bits per heavy atom. The Labute approximate surface area is 112 Å². The van der Waals surface area contributed by atoms with E-state index in [0.29, 0.717) is 12.3 Å². The van der Waals surface area contributed by atoms with E-state index >= 15 is 0 Å². The van der Waals surface area contributed by atoms with E-state index in [1.807, 2.05) is 18.2 Å². The van der Waals surface area contributed by atoms with Crippen molar-refractivity contribution in [2.45, 2.75) is 26.4 Å². The Morgan fingerprint density at radius 2 is 2.11 bits per heavy atom. The molecule has 5 nitrogen and oxygen atoms in total. The summed E-state index contributed by atoms with van der Waals surface area (Å²) in [5, 5.41) is 11.4. The Bertz CT molecular complexity index is 445. The fourth-order valence-corrected chi connectivity index (χ4v) is 1.80. The van der Waals surface area contributed by atoms with Crippen molar-refractivity contribution in [3.8, 4) is 0 Å². The van der Waals surface area contributed by atoms with Crippen LogP contribution in [0.15, 0.2) is 24.3 Å².